The summed E-state index contributed by atoms with van der Waals surface area (Å²) in [4.78, 5) is 36.8. The van der Waals surface area contributed by atoms with E-state index in [1.54, 1.807) is 23.1 Å². The minimum atomic E-state index is -0.497. The summed E-state index contributed by atoms with van der Waals surface area (Å²) in [6, 6.07) is 15.5. The number of nitro groups is 1. The molecule has 0 atom stereocenters. The Morgan fingerprint density at radius 1 is 1.07 bits per heavy atom. The van der Waals surface area contributed by atoms with Crippen molar-refractivity contribution >= 4 is 29.3 Å². The highest BCUT2D eigenvalue weighted by atomic mass is 16.6. The smallest absolute Gasteiger partial charge is 0.271 e. The predicted octanol–water partition coefficient (Wildman–Crippen LogP) is 3.49. The molecule has 144 valence electrons. The van der Waals surface area contributed by atoms with Crippen molar-refractivity contribution in [2.45, 2.75) is 12.8 Å². The van der Waals surface area contributed by atoms with Crippen LogP contribution < -0.4 is 5.32 Å². The number of benzene rings is 2. The van der Waals surface area contributed by atoms with Gasteiger partial charge in [0.05, 0.1) is 4.92 Å². The number of carbonyl (C=O) groups excluding carboxylic acids is 2. The topological polar surface area (TPSA) is 92.5 Å². The van der Waals surface area contributed by atoms with Gasteiger partial charge in [-0.25, -0.2) is 0 Å². The van der Waals surface area contributed by atoms with Gasteiger partial charge in [0.1, 0.15) is 0 Å². The first-order valence-electron chi connectivity index (χ1n) is 9.10. The summed E-state index contributed by atoms with van der Waals surface area (Å²) in [6.45, 7) is 1.01. The maximum Gasteiger partial charge on any atom is 0.271 e. The van der Waals surface area contributed by atoms with Crippen molar-refractivity contribution in [1.82, 2.24) is 4.90 Å². The lowest BCUT2D eigenvalue weighted by atomic mass is 9.95. The summed E-state index contributed by atoms with van der Waals surface area (Å²) in [5.41, 5.74) is 1.30. The molecule has 0 unspecified atom stereocenters. The lowest BCUT2D eigenvalue weighted by Gasteiger charge is -2.30. The molecule has 0 bridgehead atoms. The van der Waals surface area contributed by atoms with E-state index < -0.39 is 4.92 Å². The van der Waals surface area contributed by atoms with Gasteiger partial charge in [-0.2, -0.15) is 0 Å². The molecule has 0 aromatic heterocycles. The molecule has 0 aliphatic carbocycles. The molecular formula is C21H21N3O4. The van der Waals surface area contributed by atoms with E-state index in [1.165, 1.54) is 18.2 Å². The Kier molecular flexibility index (Phi) is 6.16. The Morgan fingerprint density at radius 3 is 2.46 bits per heavy atom. The van der Waals surface area contributed by atoms with Gasteiger partial charge >= 0.3 is 0 Å². The number of carbonyl (C=O) groups is 2. The normalized spacial score (nSPS) is 14.8. The third-order valence-corrected chi connectivity index (χ3v) is 4.72. The summed E-state index contributed by atoms with van der Waals surface area (Å²) in [6.07, 6.45) is 4.46. The second-order valence-corrected chi connectivity index (χ2v) is 6.64. The fourth-order valence-corrected chi connectivity index (χ4v) is 3.14. The average Bonchev–Trinajstić information content (AvgIpc) is 2.73. The van der Waals surface area contributed by atoms with Crippen LogP contribution in [0, 0.1) is 16.0 Å². The van der Waals surface area contributed by atoms with E-state index in [2.05, 4.69) is 5.32 Å². The zero-order valence-electron chi connectivity index (χ0n) is 15.3. The molecule has 1 heterocycles. The zero-order valence-corrected chi connectivity index (χ0v) is 15.3. The molecule has 1 fully saturated rings. The molecule has 1 aliphatic rings. The third kappa shape index (κ3) is 5.03. The second-order valence-electron chi connectivity index (χ2n) is 6.64. The number of hydrogen-bond acceptors (Lipinski definition) is 4. The molecule has 7 nitrogen and oxygen atoms in total. The standard InChI is InChI=1S/C21H21N3O4/c25-20(10-9-16-5-2-1-3-6-16)23-13-11-17(12-14-23)21(26)22-18-7-4-8-19(15-18)24(27)28/h1-10,15,17H,11-14H2,(H,22,26)/b10-9+. The molecule has 1 saturated heterocycles. The van der Waals surface area contributed by atoms with Crippen LogP contribution in [0.5, 0.6) is 0 Å². The second kappa shape index (κ2) is 8.94. The molecule has 1 aliphatic heterocycles. The first-order valence-corrected chi connectivity index (χ1v) is 9.10. The Labute approximate surface area is 162 Å². The number of hydrogen-bond donors (Lipinski definition) is 1. The van der Waals surface area contributed by atoms with Crippen molar-refractivity contribution in [1.29, 1.82) is 0 Å². The van der Waals surface area contributed by atoms with Gasteiger partial charge in [-0.1, -0.05) is 36.4 Å². The summed E-state index contributed by atoms with van der Waals surface area (Å²) >= 11 is 0. The number of non-ortho nitro benzene ring substituents is 1. The molecule has 2 aromatic rings. The number of amides is 2. The fraction of sp³-hybridized carbons (Fsp3) is 0.238. The summed E-state index contributed by atoms with van der Waals surface area (Å²) in [7, 11) is 0. The number of nitrogens with one attached hydrogen (secondary N) is 1. The van der Waals surface area contributed by atoms with Gasteiger partial charge in [0, 0.05) is 42.9 Å². The van der Waals surface area contributed by atoms with E-state index in [1.807, 2.05) is 30.3 Å². The lowest BCUT2D eigenvalue weighted by molar-refractivity contribution is -0.384. The number of nitrogens with zero attached hydrogens (tertiary/aromatic N) is 2. The molecule has 3 rings (SSSR count). The Hall–Kier alpha value is -3.48. The number of rotatable bonds is 5. The van der Waals surface area contributed by atoms with Crippen LogP contribution in [0.3, 0.4) is 0 Å². The molecule has 28 heavy (non-hydrogen) atoms. The van der Waals surface area contributed by atoms with Crippen LogP contribution in [0.25, 0.3) is 6.08 Å². The largest absolute Gasteiger partial charge is 0.339 e. The first kappa shape index (κ1) is 19.3. The number of likely N-dealkylation sites (tertiary alicyclic amines) is 1. The third-order valence-electron chi connectivity index (χ3n) is 4.72. The molecule has 2 amide bonds. The highest BCUT2D eigenvalue weighted by molar-refractivity contribution is 5.94. The van der Waals surface area contributed by atoms with E-state index in [-0.39, 0.29) is 23.4 Å². The van der Waals surface area contributed by atoms with Crippen LogP contribution >= 0.6 is 0 Å². The monoisotopic (exact) mass is 379 g/mol. The lowest BCUT2D eigenvalue weighted by Crippen LogP contribution is -2.40. The van der Waals surface area contributed by atoms with Gasteiger partial charge in [-0.15, -0.1) is 0 Å². The average molecular weight is 379 g/mol. The molecule has 0 radical (unpaired) electrons. The minimum Gasteiger partial charge on any atom is -0.339 e. The van der Waals surface area contributed by atoms with Crippen molar-refractivity contribution in [3.63, 3.8) is 0 Å². The Morgan fingerprint density at radius 2 is 1.79 bits per heavy atom. The highest BCUT2D eigenvalue weighted by Gasteiger charge is 2.26. The van der Waals surface area contributed by atoms with E-state index in [0.29, 0.717) is 31.6 Å². The summed E-state index contributed by atoms with van der Waals surface area (Å²) in [5, 5.41) is 13.6. The molecule has 1 N–H and O–H groups in total. The van der Waals surface area contributed by atoms with E-state index in [0.717, 1.165) is 5.56 Å². The quantitative estimate of drug-likeness (QED) is 0.489. The molecular weight excluding hydrogens is 358 g/mol. The zero-order chi connectivity index (χ0) is 19.9. The van der Waals surface area contributed by atoms with Crippen LogP contribution in [0.15, 0.2) is 60.7 Å². The van der Waals surface area contributed by atoms with Gasteiger partial charge in [0.15, 0.2) is 0 Å². The van der Waals surface area contributed by atoms with E-state index in [4.69, 9.17) is 0 Å². The molecule has 0 saturated carbocycles. The molecule has 7 heteroatoms. The van der Waals surface area contributed by atoms with Crippen molar-refractivity contribution in [3.05, 3.63) is 76.4 Å². The van der Waals surface area contributed by atoms with E-state index in [9.17, 15) is 19.7 Å². The highest BCUT2D eigenvalue weighted by Crippen LogP contribution is 2.22. The van der Waals surface area contributed by atoms with Crippen LogP contribution in [0.1, 0.15) is 18.4 Å². The van der Waals surface area contributed by atoms with Crippen molar-refractivity contribution in [3.8, 4) is 0 Å². The van der Waals surface area contributed by atoms with Crippen LogP contribution in [-0.4, -0.2) is 34.7 Å². The summed E-state index contributed by atoms with van der Waals surface area (Å²) in [5.74, 6) is -0.463. The van der Waals surface area contributed by atoms with Crippen LogP contribution in [0.2, 0.25) is 0 Å². The summed E-state index contributed by atoms with van der Waals surface area (Å²) < 4.78 is 0. The Balaban J connectivity index is 1.51. The van der Waals surface area contributed by atoms with Crippen molar-refractivity contribution in [2.75, 3.05) is 18.4 Å². The van der Waals surface area contributed by atoms with E-state index >= 15 is 0 Å². The van der Waals surface area contributed by atoms with Gasteiger partial charge < -0.3 is 10.2 Å². The number of piperidine rings is 1. The maximum absolute atomic E-state index is 12.4. The van der Waals surface area contributed by atoms with Crippen LogP contribution in [0.4, 0.5) is 11.4 Å². The van der Waals surface area contributed by atoms with Crippen LogP contribution in [-0.2, 0) is 9.59 Å². The predicted molar refractivity (Wildman–Crippen MR) is 107 cm³/mol. The number of anilines is 1. The van der Waals surface area contributed by atoms with Gasteiger partial charge in [-0.05, 0) is 30.5 Å². The SMILES string of the molecule is O=C(Nc1cccc([N+](=O)[O-])c1)C1CCN(C(=O)/C=C/c2ccccc2)CC1. The number of nitro benzene ring substituents is 1. The van der Waals surface area contributed by atoms with Crippen molar-refractivity contribution in [2.24, 2.45) is 5.92 Å². The van der Waals surface area contributed by atoms with Gasteiger partial charge in [0.25, 0.3) is 5.69 Å². The maximum atomic E-state index is 12.4. The molecule has 2 aromatic carbocycles. The van der Waals surface area contributed by atoms with Crippen molar-refractivity contribution < 1.29 is 14.5 Å². The fourth-order valence-electron chi connectivity index (χ4n) is 3.14. The van der Waals surface area contributed by atoms with Gasteiger partial charge in [-0.3, -0.25) is 19.7 Å². The van der Waals surface area contributed by atoms with Gasteiger partial charge in [0.2, 0.25) is 11.8 Å². The molecule has 0 spiro atoms. The Bertz CT molecular complexity index is 888. The minimum absolute atomic E-state index is 0.0663. The first-order chi connectivity index (χ1) is 13.5.